The number of aromatic nitrogens is 2. The van der Waals surface area contributed by atoms with Crippen LogP contribution in [0.25, 0.3) is 15.9 Å². The summed E-state index contributed by atoms with van der Waals surface area (Å²) in [6.07, 6.45) is 0.913. The molecule has 28 heavy (non-hydrogen) atoms. The summed E-state index contributed by atoms with van der Waals surface area (Å²) < 4.78 is 1.94. The minimum Gasteiger partial charge on any atom is -0.268 e. The molecule has 2 aromatic heterocycles. The molecular weight excluding hydrogens is 404 g/mol. The lowest BCUT2D eigenvalue weighted by Crippen LogP contribution is -2.26. The van der Waals surface area contributed by atoms with Crippen molar-refractivity contribution in [1.82, 2.24) is 9.55 Å². The summed E-state index contributed by atoms with van der Waals surface area (Å²) in [5.41, 5.74) is 4.38. The Morgan fingerprint density at radius 3 is 2.71 bits per heavy atom. The van der Waals surface area contributed by atoms with Crippen LogP contribution in [-0.2, 0) is 12.2 Å². The minimum atomic E-state index is 0.0540. The number of nitrogens with zero attached hydrogens (tertiary/aromatic N) is 2. The number of thiophene rings is 1. The molecule has 4 rings (SSSR count). The summed E-state index contributed by atoms with van der Waals surface area (Å²) in [6.45, 7) is 12.6. The van der Waals surface area contributed by atoms with E-state index in [1.807, 2.05) is 43.0 Å². The Morgan fingerprint density at radius 1 is 1.32 bits per heavy atom. The highest BCUT2D eigenvalue weighted by Crippen LogP contribution is 2.44. The maximum Gasteiger partial charge on any atom is 0.267 e. The van der Waals surface area contributed by atoms with Crippen LogP contribution in [0.1, 0.15) is 36.8 Å². The van der Waals surface area contributed by atoms with E-state index < -0.39 is 0 Å². The van der Waals surface area contributed by atoms with Crippen LogP contribution in [0.5, 0.6) is 0 Å². The standard InChI is InChI=1S/C22H24N2OS3/c1-13(2)11-26-21-23-19-18(16-10-22(4,5)27-12-17(16)28-19)20(25)24(21)15-8-6-14(3)7-9-15/h6-9H,1,10-12H2,2-5H3. The molecule has 0 saturated heterocycles. The molecule has 0 aliphatic carbocycles. The average Bonchev–Trinajstić information content (AvgIpc) is 2.97. The normalized spacial score (nSPS) is 15.6. The van der Waals surface area contributed by atoms with Gasteiger partial charge in [-0.2, -0.15) is 0 Å². The number of fused-ring (bicyclic) bond motifs is 3. The SMILES string of the molecule is C=C(C)CSc1nc2sc3c(c2c(=O)n1-c1ccc(C)cc1)CC(C)(C)SC3. The van der Waals surface area contributed by atoms with Crippen molar-refractivity contribution in [2.24, 2.45) is 0 Å². The zero-order valence-corrected chi connectivity index (χ0v) is 19.1. The van der Waals surface area contributed by atoms with Gasteiger partial charge in [0.25, 0.3) is 5.56 Å². The molecule has 0 spiro atoms. The summed E-state index contributed by atoms with van der Waals surface area (Å²) in [5.74, 6) is 1.71. The van der Waals surface area contributed by atoms with Gasteiger partial charge in [0.15, 0.2) is 5.16 Å². The van der Waals surface area contributed by atoms with Gasteiger partial charge in [-0.25, -0.2) is 4.98 Å². The van der Waals surface area contributed by atoms with E-state index in [1.165, 1.54) is 16.0 Å². The second-order valence-electron chi connectivity index (χ2n) is 8.03. The molecule has 1 aliphatic rings. The van der Waals surface area contributed by atoms with E-state index >= 15 is 0 Å². The van der Waals surface area contributed by atoms with Crippen LogP contribution >= 0.6 is 34.9 Å². The van der Waals surface area contributed by atoms with Crippen LogP contribution in [0.15, 0.2) is 46.4 Å². The molecule has 0 radical (unpaired) electrons. The smallest absolute Gasteiger partial charge is 0.267 e. The van der Waals surface area contributed by atoms with Crippen molar-refractivity contribution in [3.63, 3.8) is 0 Å². The topological polar surface area (TPSA) is 34.9 Å². The van der Waals surface area contributed by atoms with Crippen molar-refractivity contribution in [2.45, 2.75) is 49.8 Å². The highest BCUT2D eigenvalue weighted by molar-refractivity contribution is 8.00. The van der Waals surface area contributed by atoms with Gasteiger partial charge in [0.2, 0.25) is 0 Å². The van der Waals surface area contributed by atoms with Crippen LogP contribution < -0.4 is 5.56 Å². The van der Waals surface area contributed by atoms with Crippen LogP contribution in [0.2, 0.25) is 0 Å². The zero-order valence-electron chi connectivity index (χ0n) is 16.7. The maximum atomic E-state index is 13.7. The van der Waals surface area contributed by atoms with Crippen molar-refractivity contribution < 1.29 is 0 Å². The Labute approximate surface area is 178 Å². The van der Waals surface area contributed by atoms with Crippen molar-refractivity contribution in [2.75, 3.05) is 5.75 Å². The Bertz CT molecular complexity index is 1120. The number of hydrogen-bond donors (Lipinski definition) is 0. The Hall–Kier alpha value is -1.50. The van der Waals surface area contributed by atoms with Crippen LogP contribution in [0, 0.1) is 6.92 Å². The molecule has 3 aromatic rings. The maximum absolute atomic E-state index is 13.7. The van der Waals surface area contributed by atoms with Crippen LogP contribution in [-0.4, -0.2) is 20.1 Å². The molecule has 1 aromatic carbocycles. The van der Waals surface area contributed by atoms with Crippen molar-refractivity contribution in [3.8, 4) is 5.69 Å². The molecule has 0 saturated carbocycles. The Kier molecular flexibility index (Phi) is 5.23. The summed E-state index contributed by atoms with van der Waals surface area (Å²) in [5, 5.41) is 1.56. The molecule has 3 heterocycles. The Morgan fingerprint density at radius 2 is 2.04 bits per heavy atom. The molecule has 0 N–H and O–H groups in total. The second kappa shape index (κ2) is 7.39. The van der Waals surface area contributed by atoms with Gasteiger partial charge in [0.1, 0.15) is 4.83 Å². The van der Waals surface area contributed by atoms with Gasteiger partial charge in [-0.3, -0.25) is 9.36 Å². The van der Waals surface area contributed by atoms with E-state index in [2.05, 4.69) is 27.4 Å². The molecule has 146 valence electrons. The molecular formula is C22H24N2OS3. The summed E-state index contributed by atoms with van der Waals surface area (Å²) in [7, 11) is 0. The van der Waals surface area contributed by atoms with E-state index in [-0.39, 0.29) is 10.3 Å². The highest BCUT2D eigenvalue weighted by Gasteiger charge is 2.31. The van der Waals surface area contributed by atoms with Crippen molar-refractivity contribution in [3.05, 3.63) is 62.8 Å². The molecule has 0 amide bonds. The van der Waals surface area contributed by atoms with E-state index in [9.17, 15) is 4.79 Å². The van der Waals surface area contributed by atoms with Crippen LogP contribution in [0.3, 0.4) is 0 Å². The first kappa shape index (κ1) is 19.8. The lowest BCUT2D eigenvalue weighted by atomic mass is 10.00. The lowest BCUT2D eigenvalue weighted by molar-refractivity contribution is 0.698. The number of aryl methyl sites for hydroxylation is 1. The van der Waals surface area contributed by atoms with Gasteiger partial charge in [-0.05, 0) is 38.0 Å². The third kappa shape index (κ3) is 3.70. The van der Waals surface area contributed by atoms with Crippen LogP contribution in [0.4, 0.5) is 0 Å². The fourth-order valence-electron chi connectivity index (χ4n) is 3.38. The molecule has 3 nitrogen and oxygen atoms in total. The van der Waals surface area contributed by atoms with E-state index in [4.69, 9.17) is 4.98 Å². The molecule has 0 fully saturated rings. The van der Waals surface area contributed by atoms with Gasteiger partial charge < -0.3 is 0 Å². The number of hydrogen-bond acceptors (Lipinski definition) is 5. The van der Waals surface area contributed by atoms with Crippen molar-refractivity contribution >= 4 is 45.1 Å². The molecule has 0 bridgehead atoms. The summed E-state index contributed by atoms with van der Waals surface area (Å²) in [6, 6.07) is 8.10. The first-order valence-corrected chi connectivity index (χ1v) is 12.1. The predicted octanol–water partition coefficient (Wildman–Crippen LogP) is 5.99. The summed E-state index contributed by atoms with van der Waals surface area (Å²) >= 11 is 5.23. The van der Waals surface area contributed by atoms with Gasteiger partial charge in [0, 0.05) is 21.1 Å². The van der Waals surface area contributed by atoms with E-state index in [1.54, 1.807) is 27.7 Å². The zero-order chi connectivity index (χ0) is 20.1. The van der Waals surface area contributed by atoms with E-state index in [0.29, 0.717) is 0 Å². The monoisotopic (exact) mass is 428 g/mol. The van der Waals surface area contributed by atoms with E-state index in [0.717, 1.165) is 44.6 Å². The minimum absolute atomic E-state index is 0.0540. The fourth-order valence-corrected chi connectivity index (χ4v) is 6.62. The van der Waals surface area contributed by atoms with Gasteiger partial charge in [-0.1, -0.05) is 55.5 Å². The Balaban J connectivity index is 1.97. The average molecular weight is 429 g/mol. The third-order valence-electron chi connectivity index (χ3n) is 4.81. The summed E-state index contributed by atoms with van der Waals surface area (Å²) in [4.78, 5) is 20.8. The molecule has 6 heteroatoms. The third-order valence-corrected chi connectivity index (χ3v) is 8.65. The fraction of sp³-hybridized carbons (Fsp3) is 0.364. The van der Waals surface area contributed by atoms with Gasteiger partial charge >= 0.3 is 0 Å². The molecule has 0 atom stereocenters. The second-order valence-corrected chi connectivity index (χ2v) is 11.7. The van der Waals surface area contributed by atoms with Gasteiger partial charge in [-0.15, -0.1) is 23.1 Å². The highest BCUT2D eigenvalue weighted by atomic mass is 32.2. The van der Waals surface area contributed by atoms with Crippen molar-refractivity contribution in [1.29, 1.82) is 0 Å². The number of thioether (sulfide) groups is 2. The first-order valence-electron chi connectivity index (χ1n) is 9.31. The number of benzene rings is 1. The predicted molar refractivity (Wildman–Crippen MR) is 125 cm³/mol. The molecule has 0 unspecified atom stereocenters. The lowest BCUT2D eigenvalue weighted by Gasteiger charge is -2.28. The first-order chi connectivity index (χ1) is 13.2. The quantitative estimate of drug-likeness (QED) is 0.290. The molecule has 1 aliphatic heterocycles. The largest absolute Gasteiger partial charge is 0.268 e. The van der Waals surface area contributed by atoms with Gasteiger partial charge in [0.05, 0.1) is 11.1 Å². The number of rotatable bonds is 4.